The number of hydrogen-bond acceptors (Lipinski definition) is 4. The number of carboxylic acids is 1. The number of rotatable bonds is 4. The summed E-state index contributed by atoms with van der Waals surface area (Å²) in [6.07, 6.45) is 1.89. The number of hydrogen-bond donors (Lipinski definition) is 1. The smallest absolute Gasteiger partial charge is 0.303 e. The van der Waals surface area contributed by atoms with Gasteiger partial charge in [-0.05, 0) is 25.7 Å². The molecule has 6 nitrogen and oxygen atoms in total. The average Bonchev–Trinajstić information content (AvgIpc) is 2.90. The number of nitriles is 1. The van der Waals surface area contributed by atoms with Gasteiger partial charge in [-0.1, -0.05) is 0 Å². The van der Waals surface area contributed by atoms with Crippen LogP contribution in [0.1, 0.15) is 30.5 Å². The Hall–Kier alpha value is -2.03. The standard InChI is InChI=1S/C13H18N4O2/c1-9-11(7-14)13(16(2)15-9)17-6-5-10(8-17)3-4-12(18)19/h10H,3-6,8H2,1-2H3,(H,18,19). The third-order valence-corrected chi connectivity index (χ3v) is 3.66. The number of aromatic nitrogens is 2. The molecule has 0 bridgehead atoms. The molecule has 19 heavy (non-hydrogen) atoms. The van der Waals surface area contributed by atoms with Crippen molar-refractivity contribution in [3.8, 4) is 6.07 Å². The highest BCUT2D eigenvalue weighted by Crippen LogP contribution is 2.29. The maximum absolute atomic E-state index is 10.6. The molecule has 0 amide bonds. The normalized spacial score (nSPS) is 18.6. The lowest BCUT2D eigenvalue weighted by atomic mass is 10.0. The van der Waals surface area contributed by atoms with Gasteiger partial charge in [0.25, 0.3) is 0 Å². The molecule has 0 radical (unpaired) electrons. The molecule has 1 N–H and O–H groups in total. The summed E-state index contributed by atoms with van der Waals surface area (Å²) in [7, 11) is 1.84. The molecule has 1 aliphatic heterocycles. The Balaban J connectivity index is 2.09. The van der Waals surface area contributed by atoms with Crippen molar-refractivity contribution in [2.24, 2.45) is 13.0 Å². The Morgan fingerprint density at radius 3 is 3.00 bits per heavy atom. The largest absolute Gasteiger partial charge is 0.481 e. The van der Waals surface area contributed by atoms with Crippen LogP contribution in [0.25, 0.3) is 0 Å². The third kappa shape index (κ3) is 2.70. The van der Waals surface area contributed by atoms with Gasteiger partial charge in [0.2, 0.25) is 0 Å². The molecule has 0 aromatic carbocycles. The fourth-order valence-electron chi connectivity index (χ4n) is 2.73. The number of nitrogens with zero attached hydrogens (tertiary/aromatic N) is 4. The lowest BCUT2D eigenvalue weighted by molar-refractivity contribution is -0.137. The Morgan fingerprint density at radius 1 is 1.63 bits per heavy atom. The van der Waals surface area contributed by atoms with E-state index in [-0.39, 0.29) is 6.42 Å². The Morgan fingerprint density at radius 2 is 2.37 bits per heavy atom. The minimum absolute atomic E-state index is 0.216. The summed E-state index contributed by atoms with van der Waals surface area (Å²) >= 11 is 0. The first-order valence-electron chi connectivity index (χ1n) is 6.43. The number of aryl methyl sites for hydroxylation is 2. The van der Waals surface area contributed by atoms with Gasteiger partial charge in [-0.15, -0.1) is 0 Å². The summed E-state index contributed by atoms with van der Waals surface area (Å²) in [5, 5.41) is 22.2. The molecule has 1 aromatic rings. The highest BCUT2D eigenvalue weighted by Gasteiger charge is 2.27. The van der Waals surface area contributed by atoms with E-state index in [0.717, 1.165) is 31.0 Å². The van der Waals surface area contributed by atoms with E-state index in [1.165, 1.54) is 0 Å². The summed E-state index contributed by atoms with van der Waals surface area (Å²) in [4.78, 5) is 12.7. The van der Waals surface area contributed by atoms with Crippen LogP contribution in [0.5, 0.6) is 0 Å². The van der Waals surface area contributed by atoms with Crippen molar-refractivity contribution in [2.75, 3.05) is 18.0 Å². The van der Waals surface area contributed by atoms with Crippen LogP contribution in [-0.2, 0) is 11.8 Å². The van der Waals surface area contributed by atoms with Gasteiger partial charge in [0, 0.05) is 26.6 Å². The number of carbonyl (C=O) groups is 1. The van der Waals surface area contributed by atoms with Crippen LogP contribution < -0.4 is 4.90 Å². The molecule has 1 atom stereocenters. The van der Waals surface area contributed by atoms with Gasteiger partial charge in [0.1, 0.15) is 17.5 Å². The van der Waals surface area contributed by atoms with E-state index in [0.29, 0.717) is 17.9 Å². The highest BCUT2D eigenvalue weighted by molar-refractivity contribution is 5.66. The molecule has 102 valence electrons. The quantitative estimate of drug-likeness (QED) is 0.884. The number of anilines is 1. The predicted molar refractivity (Wildman–Crippen MR) is 69.8 cm³/mol. The van der Waals surface area contributed by atoms with E-state index in [2.05, 4.69) is 16.1 Å². The molecule has 1 fully saturated rings. The van der Waals surface area contributed by atoms with E-state index in [9.17, 15) is 10.1 Å². The molecule has 1 aromatic heterocycles. The molecule has 6 heteroatoms. The summed E-state index contributed by atoms with van der Waals surface area (Å²) in [5.41, 5.74) is 1.37. The van der Waals surface area contributed by atoms with Crippen molar-refractivity contribution in [2.45, 2.75) is 26.2 Å². The van der Waals surface area contributed by atoms with Crippen molar-refractivity contribution in [1.29, 1.82) is 5.26 Å². The maximum atomic E-state index is 10.6. The Kier molecular flexibility index (Phi) is 3.74. The summed E-state index contributed by atoms with van der Waals surface area (Å²) in [6.45, 7) is 3.50. The summed E-state index contributed by atoms with van der Waals surface area (Å²) in [6, 6.07) is 2.21. The second kappa shape index (κ2) is 5.31. The minimum Gasteiger partial charge on any atom is -0.481 e. The number of carboxylic acid groups (broad SMARTS) is 1. The van der Waals surface area contributed by atoms with Gasteiger partial charge in [-0.25, -0.2) is 0 Å². The fourth-order valence-corrected chi connectivity index (χ4v) is 2.73. The molecule has 2 rings (SSSR count). The highest BCUT2D eigenvalue weighted by atomic mass is 16.4. The third-order valence-electron chi connectivity index (χ3n) is 3.66. The van der Waals surface area contributed by atoms with Crippen LogP contribution in [0, 0.1) is 24.2 Å². The monoisotopic (exact) mass is 262 g/mol. The van der Waals surface area contributed by atoms with Crippen molar-refractivity contribution in [1.82, 2.24) is 9.78 Å². The van der Waals surface area contributed by atoms with Crippen molar-refractivity contribution >= 4 is 11.8 Å². The molecule has 1 saturated heterocycles. The minimum atomic E-state index is -0.743. The van der Waals surface area contributed by atoms with E-state index in [4.69, 9.17) is 5.11 Å². The van der Waals surface area contributed by atoms with Crippen molar-refractivity contribution < 1.29 is 9.90 Å². The van der Waals surface area contributed by atoms with Gasteiger partial charge in [0.05, 0.1) is 5.69 Å². The zero-order valence-corrected chi connectivity index (χ0v) is 11.3. The van der Waals surface area contributed by atoms with E-state index >= 15 is 0 Å². The van der Waals surface area contributed by atoms with Gasteiger partial charge in [-0.2, -0.15) is 10.4 Å². The van der Waals surface area contributed by atoms with Gasteiger partial charge >= 0.3 is 5.97 Å². The Bertz CT molecular complexity index is 529. The molecule has 0 spiro atoms. The predicted octanol–water partition coefficient (Wildman–Crippen LogP) is 1.29. The summed E-state index contributed by atoms with van der Waals surface area (Å²) in [5.74, 6) is 0.503. The topological polar surface area (TPSA) is 82.2 Å². The second-order valence-corrected chi connectivity index (χ2v) is 5.05. The molecule has 1 aliphatic rings. The zero-order chi connectivity index (χ0) is 14.0. The lowest BCUT2D eigenvalue weighted by Gasteiger charge is -2.18. The van der Waals surface area contributed by atoms with Crippen LogP contribution >= 0.6 is 0 Å². The number of aliphatic carboxylic acids is 1. The SMILES string of the molecule is Cc1nn(C)c(N2CCC(CCC(=O)O)C2)c1C#N. The Labute approximate surface area is 112 Å². The van der Waals surface area contributed by atoms with Gasteiger partial charge in [0.15, 0.2) is 0 Å². The molecule has 1 unspecified atom stereocenters. The zero-order valence-electron chi connectivity index (χ0n) is 11.3. The first-order valence-corrected chi connectivity index (χ1v) is 6.43. The second-order valence-electron chi connectivity index (χ2n) is 5.05. The first kappa shape index (κ1) is 13.4. The molecular formula is C13H18N4O2. The average molecular weight is 262 g/mol. The van der Waals surface area contributed by atoms with Gasteiger partial charge in [-0.3, -0.25) is 9.48 Å². The van der Waals surface area contributed by atoms with Crippen LogP contribution in [-0.4, -0.2) is 33.9 Å². The van der Waals surface area contributed by atoms with Gasteiger partial charge < -0.3 is 10.0 Å². The van der Waals surface area contributed by atoms with E-state index in [1.54, 1.807) is 4.68 Å². The van der Waals surface area contributed by atoms with Crippen LogP contribution in [0.2, 0.25) is 0 Å². The van der Waals surface area contributed by atoms with Crippen LogP contribution in [0.3, 0.4) is 0 Å². The first-order chi connectivity index (χ1) is 9.02. The van der Waals surface area contributed by atoms with Crippen molar-refractivity contribution in [3.63, 3.8) is 0 Å². The molecule has 0 aliphatic carbocycles. The van der Waals surface area contributed by atoms with Crippen LogP contribution in [0.15, 0.2) is 0 Å². The van der Waals surface area contributed by atoms with Crippen LogP contribution in [0.4, 0.5) is 5.82 Å². The lowest BCUT2D eigenvalue weighted by Crippen LogP contribution is -2.23. The molecule has 0 saturated carbocycles. The fraction of sp³-hybridized carbons (Fsp3) is 0.615. The summed E-state index contributed by atoms with van der Waals surface area (Å²) < 4.78 is 1.74. The molecular weight excluding hydrogens is 244 g/mol. The van der Waals surface area contributed by atoms with Crippen molar-refractivity contribution in [3.05, 3.63) is 11.3 Å². The molecule has 2 heterocycles. The van der Waals surface area contributed by atoms with E-state index in [1.807, 2.05) is 14.0 Å². The van der Waals surface area contributed by atoms with E-state index < -0.39 is 5.97 Å². The maximum Gasteiger partial charge on any atom is 0.303 e.